The fourth-order valence-corrected chi connectivity index (χ4v) is 1.61. The Labute approximate surface area is 112 Å². The van der Waals surface area contributed by atoms with Gasteiger partial charge in [0.25, 0.3) is 5.91 Å². The molecule has 0 heterocycles. The molecule has 1 aromatic carbocycles. The van der Waals surface area contributed by atoms with E-state index in [0.29, 0.717) is 13.2 Å². The summed E-state index contributed by atoms with van der Waals surface area (Å²) in [5, 5.41) is 12.1. The normalized spacial score (nSPS) is 11.4. The summed E-state index contributed by atoms with van der Waals surface area (Å²) in [7, 11) is 1.62. The zero-order valence-corrected chi connectivity index (χ0v) is 11.5. The van der Waals surface area contributed by atoms with Crippen LogP contribution >= 0.6 is 0 Å². The molecule has 0 saturated heterocycles. The lowest BCUT2D eigenvalue weighted by molar-refractivity contribution is 0.0914. The van der Waals surface area contributed by atoms with Crippen molar-refractivity contribution in [2.75, 3.05) is 20.3 Å². The summed E-state index contributed by atoms with van der Waals surface area (Å²) in [5.74, 6) is -1.69. The van der Waals surface area contributed by atoms with E-state index in [1.54, 1.807) is 7.11 Å². The summed E-state index contributed by atoms with van der Waals surface area (Å²) >= 11 is 0. The van der Waals surface area contributed by atoms with Crippen molar-refractivity contribution in [3.63, 3.8) is 0 Å². The minimum atomic E-state index is -0.729. The lowest BCUT2D eigenvalue weighted by atomic mass is 9.89. The highest BCUT2D eigenvalue weighted by molar-refractivity contribution is 5.97. The molecule has 0 aliphatic rings. The molecule has 19 heavy (non-hydrogen) atoms. The standard InChI is InChI=1S/C14H20FNO3/c1-14(2,7-8-19-3)9-16-13(18)12-10(15)5-4-6-11(12)17/h4-6,17H,7-9H2,1-3H3,(H,16,18). The third kappa shape index (κ3) is 4.52. The Bertz CT molecular complexity index is 426. The maximum atomic E-state index is 13.5. The van der Waals surface area contributed by atoms with Crippen LogP contribution in [0.1, 0.15) is 30.6 Å². The number of rotatable bonds is 6. The second kappa shape index (κ2) is 6.52. The molecular weight excluding hydrogens is 249 g/mol. The Morgan fingerprint density at radius 2 is 2.16 bits per heavy atom. The van der Waals surface area contributed by atoms with Crippen LogP contribution in [0, 0.1) is 11.2 Å². The largest absolute Gasteiger partial charge is 0.507 e. The summed E-state index contributed by atoms with van der Waals surface area (Å²) in [6.45, 7) is 4.93. The van der Waals surface area contributed by atoms with Gasteiger partial charge in [0.15, 0.2) is 0 Å². The average Bonchev–Trinajstić information content (AvgIpc) is 2.34. The molecule has 0 saturated carbocycles. The van der Waals surface area contributed by atoms with E-state index in [-0.39, 0.29) is 16.7 Å². The van der Waals surface area contributed by atoms with Gasteiger partial charge >= 0.3 is 0 Å². The van der Waals surface area contributed by atoms with Crippen LogP contribution in [0.3, 0.4) is 0 Å². The maximum Gasteiger partial charge on any atom is 0.258 e. The third-order valence-corrected chi connectivity index (χ3v) is 2.93. The molecule has 0 aromatic heterocycles. The molecule has 0 aliphatic heterocycles. The van der Waals surface area contributed by atoms with Crippen molar-refractivity contribution in [1.29, 1.82) is 0 Å². The van der Waals surface area contributed by atoms with Crippen LogP contribution in [0.4, 0.5) is 4.39 Å². The Hall–Kier alpha value is -1.62. The van der Waals surface area contributed by atoms with Gasteiger partial charge in [-0.25, -0.2) is 4.39 Å². The maximum absolute atomic E-state index is 13.5. The van der Waals surface area contributed by atoms with E-state index in [1.807, 2.05) is 13.8 Å². The van der Waals surface area contributed by atoms with Crippen LogP contribution < -0.4 is 5.32 Å². The van der Waals surface area contributed by atoms with Crippen molar-refractivity contribution >= 4 is 5.91 Å². The molecule has 106 valence electrons. The minimum absolute atomic E-state index is 0.160. The number of phenolic OH excluding ortho intramolecular Hbond substituents is 1. The van der Waals surface area contributed by atoms with E-state index in [9.17, 15) is 14.3 Å². The number of amides is 1. The first-order valence-electron chi connectivity index (χ1n) is 6.12. The molecular formula is C14H20FNO3. The second-order valence-corrected chi connectivity index (χ2v) is 5.22. The van der Waals surface area contributed by atoms with E-state index in [2.05, 4.69) is 5.32 Å². The average molecular weight is 269 g/mol. The molecule has 1 rings (SSSR count). The van der Waals surface area contributed by atoms with Crippen molar-refractivity contribution in [2.24, 2.45) is 5.41 Å². The molecule has 0 bridgehead atoms. The number of ether oxygens (including phenoxy) is 1. The Morgan fingerprint density at radius 3 is 2.74 bits per heavy atom. The van der Waals surface area contributed by atoms with Crippen LogP contribution in [-0.4, -0.2) is 31.3 Å². The first kappa shape index (κ1) is 15.4. The van der Waals surface area contributed by atoms with Crippen LogP contribution in [0.25, 0.3) is 0 Å². The lowest BCUT2D eigenvalue weighted by Gasteiger charge is -2.24. The zero-order chi connectivity index (χ0) is 14.5. The van der Waals surface area contributed by atoms with Gasteiger partial charge in [0.1, 0.15) is 17.1 Å². The topological polar surface area (TPSA) is 58.6 Å². The molecule has 0 spiro atoms. The summed E-state index contributed by atoms with van der Waals surface area (Å²) < 4.78 is 18.5. The highest BCUT2D eigenvalue weighted by Crippen LogP contribution is 2.22. The fourth-order valence-electron chi connectivity index (χ4n) is 1.61. The number of methoxy groups -OCH3 is 1. The molecule has 1 amide bonds. The summed E-state index contributed by atoms with van der Waals surface area (Å²) in [5.41, 5.74) is -0.475. The molecule has 4 nitrogen and oxygen atoms in total. The van der Waals surface area contributed by atoms with Crippen LogP contribution in [0.5, 0.6) is 5.75 Å². The van der Waals surface area contributed by atoms with Gasteiger partial charge in [-0.1, -0.05) is 19.9 Å². The Balaban J connectivity index is 2.66. The number of nitrogens with one attached hydrogen (secondary N) is 1. The molecule has 1 aromatic rings. The quantitative estimate of drug-likeness (QED) is 0.833. The van der Waals surface area contributed by atoms with Crippen molar-refractivity contribution in [2.45, 2.75) is 20.3 Å². The van der Waals surface area contributed by atoms with E-state index in [1.165, 1.54) is 12.1 Å². The van der Waals surface area contributed by atoms with E-state index in [0.717, 1.165) is 12.5 Å². The van der Waals surface area contributed by atoms with Gasteiger partial charge < -0.3 is 15.2 Å². The predicted octanol–water partition coefficient (Wildman–Crippen LogP) is 2.32. The number of aromatic hydroxyl groups is 1. The summed E-state index contributed by atoms with van der Waals surface area (Å²) in [4.78, 5) is 11.9. The first-order valence-corrected chi connectivity index (χ1v) is 6.12. The molecule has 0 fully saturated rings. The van der Waals surface area contributed by atoms with Gasteiger partial charge in [0.05, 0.1) is 0 Å². The monoisotopic (exact) mass is 269 g/mol. The smallest absolute Gasteiger partial charge is 0.258 e. The van der Waals surface area contributed by atoms with Crippen molar-refractivity contribution in [1.82, 2.24) is 5.32 Å². The predicted molar refractivity (Wildman–Crippen MR) is 70.7 cm³/mol. The Kier molecular flexibility index (Phi) is 5.30. The van der Waals surface area contributed by atoms with Crippen molar-refractivity contribution < 1.29 is 19.0 Å². The number of carbonyl (C=O) groups excluding carboxylic acids is 1. The SMILES string of the molecule is COCCC(C)(C)CNC(=O)c1c(O)cccc1F. The molecule has 0 radical (unpaired) electrons. The molecule has 2 N–H and O–H groups in total. The molecule has 0 unspecified atom stereocenters. The summed E-state index contributed by atoms with van der Waals surface area (Å²) in [6.07, 6.45) is 0.771. The fraction of sp³-hybridized carbons (Fsp3) is 0.500. The van der Waals surface area contributed by atoms with Crippen LogP contribution in [0.2, 0.25) is 0 Å². The lowest BCUT2D eigenvalue weighted by Crippen LogP contribution is -2.35. The third-order valence-electron chi connectivity index (χ3n) is 2.93. The van der Waals surface area contributed by atoms with Crippen LogP contribution in [-0.2, 0) is 4.74 Å². The van der Waals surface area contributed by atoms with Gasteiger partial charge in [0.2, 0.25) is 0 Å². The molecule has 0 aliphatic carbocycles. The number of benzene rings is 1. The Morgan fingerprint density at radius 1 is 1.47 bits per heavy atom. The van der Waals surface area contributed by atoms with E-state index >= 15 is 0 Å². The number of halogens is 1. The van der Waals surface area contributed by atoms with Crippen molar-refractivity contribution in [3.05, 3.63) is 29.6 Å². The number of hydrogen-bond donors (Lipinski definition) is 2. The van der Waals surface area contributed by atoms with Gasteiger partial charge in [0, 0.05) is 20.3 Å². The number of phenols is 1. The minimum Gasteiger partial charge on any atom is -0.507 e. The van der Waals surface area contributed by atoms with Gasteiger partial charge in [-0.05, 0) is 24.0 Å². The first-order chi connectivity index (χ1) is 8.87. The second-order valence-electron chi connectivity index (χ2n) is 5.22. The summed E-state index contributed by atoms with van der Waals surface area (Å²) in [6, 6.07) is 3.78. The highest BCUT2D eigenvalue weighted by Gasteiger charge is 2.21. The van der Waals surface area contributed by atoms with E-state index < -0.39 is 11.7 Å². The van der Waals surface area contributed by atoms with Gasteiger partial charge in [-0.15, -0.1) is 0 Å². The van der Waals surface area contributed by atoms with Crippen molar-refractivity contribution in [3.8, 4) is 5.75 Å². The van der Waals surface area contributed by atoms with Crippen LogP contribution in [0.15, 0.2) is 18.2 Å². The van der Waals surface area contributed by atoms with Gasteiger partial charge in [-0.3, -0.25) is 4.79 Å². The van der Waals surface area contributed by atoms with E-state index in [4.69, 9.17) is 4.74 Å². The molecule has 5 heteroatoms. The highest BCUT2D eigenvalue weighted by atomic mass is 19.1. The molecule has 0 atom stereocenters. The van der Waals surface area contributed by atoms with Gasteiger partial charge in [-0.2, -0.15) is 0 Å². The number of hydrogen-bond acceptors (Lipinski definition) is 3. The zero-order valence-electron chi connectivity index (χ0n) is 11.5. The number of carbonyl (C=O) groups is 1.